The third-order valence-corrected chi connectivity index (χ3v) is 4.43. The third kappa shape index (κ3) is 5.07. The number of halogens is 1. The molecule has 0 fully saturated rings. The van der Waals surface area contributed by atoms with Crippen LogP contribution in [0.25, 0.3) is 0 Å². The van der Waals surface area contributed by atoms with Gasteiger partial charge in [0.25, 0.3) is 5.91 Å². The number of carboxylic acids is 1. The normalized spacial score (nSPS) is 11.8. The van der Waals surface area contributed by atoms with Crippen molar-refractivity contribution in [2.75, 3.05) is 5.75 Å². The molecule has 2 aromatic rings. The molecule has 9 heteroatoms. The van der Waals surface area contributed by atoms with Gasteiger partial charge in [-0.15, -0.1) is 16.8 Å². The van der Waals surface area contributed by atoms with Crippen LogP contribution in [-0.2, 0) is 11.3 Å². The number of carbonyl (C=O) groups is 2. The van der Waals surface area contributed by atoms with Gasteiger partial charge in [-0.3, -0.25) is 9.59 Å². The van der Waals surface area contributed by atoms with E-state index in [4.69, 9.17) is 16.7 Å². The molecule has 1 amide bonds. The number of thioether (sulfide) groups is 1. The standard InChI is InChI=1S/C16H17ClN4O3S/c1-3-8-21-14(19-20-16(21)25-9-13(22)23)10(2)18-15(24)11-4-6-12(17)7-5-11/h3-7,10H,1,8-9H2,2H3,(H,18,24)(H,22,23). The molecule has 0 radical (unpaired) electrons. The van der Waals surface area contributed by atoms with Crippen molar-refractivity contribution < 1.29 is 14.7 Å². The van der Waals surface area contributed by atoms with E-state index in [2.05, 4.69) is 22.1 Å². The Morgan fingerprint density at radius 1 is 1.40 bits per heavy atom. The van der Waals surface area contributed by atoms with E-state index >= 15 is 0 Å². The Hall–Kier alpha value is -2.32. The SMILES string of the molecule is C=CCn1c(SCC(=O)O)nnc1C(C)NC(=O)c1ccc(Cl)cc1. The molecule has 2 N–H and O–H groups in total. The second kappa shape index (κ2) is 8.68. The summed E-state index contributed by atoms with van der Waals surface area (Å²) in [5.74, 6) is -0.809. The maximum Gasteiger partial charge on any atom is 0.313 e. The van der Waals surface area contributed by atoms with Crippen molar-refractivity contribution in [3.8, 4) is 0 Å². The van der Waals surface area contributed by atoms with Gasteiger partial charge in [-0.1, -0.05) is 29.4 Å². The van der Waals surface area contributed by atoms with E-state index in [1.807, 2.05) is 0 Å². The smallest absolute Gasteiger partial charge is 0.313 e. The highest BCUT2D eigenvalue weighted by Crippen LogP contribution is 2.21. The molecule has 2 rings (SSSR count). The molecular formula is C16H17ClN4O3S. The van der Waals surface area contributed by atoms with E-state index < -0.39 is 12.0 Å². The lowest BCUT2D eigenvalue weighted by atomic mass is 10.2. The highest BCUT2D eigenvalue weighted by atomic mass is 35.5. The van der Waals surface area contributed by atoms with Gasteiger partial charge in [-0.25, -0.2) is 0 Å². The number of nitrogens with one attached hydrogen (secondary N) is 1. The Balaban J connectivity index is 2.15. The Bertz CT molecular complexity index is 776. The Morgan fingerprint density at radius 3 is 2.68 bits per heavy atom. The topological polar surface area (TPSA) is 97.1 Å². The van der Waals surface area contributed by atoms with Crippen molar-refractivity contribution in [3.05, 3.63) is 53.3 Å². The number of benzene rings is 1. The monoisotopic (exact) mass is 380 g/mol. The van der Waals surface area contributed by atoms with Crippen molar-refractivity contribution in [2.45, 2.75) is 24.7 Å². The molecule has 7 nitrogen and oxygen atoms in total. The van der Waals surface area contributed by atoms with Crippen molar-refractivity contribution in [3.63, 3.8) is 0 Å². The number of amides is 1. The lowest BCUT2D eigenvalue weighted by molar-refractivity contribution is -0.133. The molecule has 1 unspecified atom stereocenters. The first-order valence-electron chi connectivity index (χ1n) is 7.37. The number of carbonyl (C=O) groups excluding carboxylic acids is 1. The summed E-state index contributed by atoms with van der Waals surface area (Å²) in [6, 6.07) is 6.12. The molecule has 0 bridgehead atoms. The van der Waals surface area contributed by atoms with Crippen LogP contribution in [0, 0.1) is 0 Å². The number of aliphatic carboxylic acids is 1. The van der Waals surface area contributed by atoms with Crippen LogP contribution >= 0.6 is 23.4 Å². The predicted octanol–water partition coefficient (Wildman–Crippen LogP) is 2.79. The quantitative estimate of drug-likeness (QED) is 0.540. The molecule has 0 aliphatic rings. The summed E-state index contributed by atoms with van der Waals surface area (Å²) in [7, 11) is 0. The zero-order chi connectivity index (χ0) is 18.4. The van der Waals surface area contributed by atoms with Gasteiger partial charge in [0.05, 0.1) is 11.8 Å². The van der Waals surface area contributed by atoms with Gasteiger partial charge < -0.3 is 15.0 Å². The van der Waals surface area contributed by atoms with Gasteiger partial charge in [-0.05, 0) is 31.2 Å². The summed E-state index contributed by atoms with van der Waals surface area (Å²) >= 11 is 6.89. The minimum absolute atomic E-state index is 0.124. The average molecular weight is 381 g/mol. The number of rotatable bonds is 8. The minimum Gasteiger partial charge on any atom is -0.481 e. The van der Waals surface area contributed by atoms with E-state index in [1.54, 1.807) is 41.8 Å². The van der Waals surface area contributed by atoms with Gasteiger partial charge in [-0.2, -0.15) is 0 Å². The minimum atomic E-state index is -0.941. The first kappa shape index (κ1) is 19.0. The van der Waals surface area contributed by atoms with E-state index in [-0.39, 0.29) is 11.7 Å². The molecule has 132 valence electrons. The van der Waals surface area contributed by atoms with Crippen LogP contribution < -0.4 is 5.32 Å². The Labute approximate surface area is 154 Å². The number of carboxylic acid groups (broad SMARTS) is 1. The number of allylic oxidation sites excluding steroid dienone is 1. The fourth-order valence-corrected chi connectivity index (χ4v) is 2.90. The molecule has 1 aromatic carbocycles. The lowest BCUT2D eigenvalue weighted by Gasteiger charge is -2.15. The van der Waals surface area contributed by atoms with E-state index in [1.165, 1.54) is 0 Å². The highest BCUT2D eigenvalue weighted by Gasteiger charge is 2.20. The van der Waals surface area contributed by atoms with Crippen LogP contribution in [0.2, 0.25) is 5.02 Å². The molecule has 0 spiro atoms. The number of hydrogen-bond acceptors (Lipinski definition) is 5. The summed E-state index contributed by atoms with van der Waals surface area (Å²) in [5.41, 5.74) is 0.478. The predicted molar refractivity (Wildman–Crippen MR) is 95.9 cm³/mol. The fraction of sp³-hybridized carbons (Fsp3) is 0.250. The molecule has 1 heterocycles. The molecule has 0 aliphatic carbocycles. The fourth-order valence-electron chi connectivity index (χ4n) is 2.10. The summed E-state index contributed by atoms with van der Waals surface area (Å²) in [6.45, 7) is 5.88. The first-order chi connectivity index (χ1) is 11.9. The molecule has 0 aliphatic heterocycles. The molecule has 0 saturated heterocycles. The summed E-state index contributed by atoms with van der Waals surface area (Å²) in [5, 5.41) is 20.8. The van der Waals surface area contributed by atoms with Crippen molar-refractivity contribution in [1.29, 1.82) is 0 Å². The van der Waals surface area contributed by atoms with Gasteiger partial charge in [0, 0.05) is 17.1 Å². The number of aromatic nitrogens is 3. The van der Waals surface area contributed by atoms with E-state index in [0.717, 1.165) is 11.8 Å². The molecule has 25 heavy (non-hydrogen) atoms. The van der Waals surface area contributed by atoms with Crippen LogP contribution in [-0.4, -0.2) is 37.5 Å². The molecular weight excluding hydrogens is 364 g/mol. The maximum absolute atomic E-state index is 12.3. The van der Waals surface area contributed by atoms with Gasteiger partial charge in [0.1, 0.15) is 0 Å². The van der Waals surface area contributed by atoms with Gasteiger partial charge in [0.2, 0.25) is 0 Å². The van der Waals surface area contributed by atoms with Crippen LogP contribution in [0.5, 0.6) is 0 Å². The summed E-state index contributed by atoms with van der Waals surface area (Å²) in [6.07, 6.45) is 1.66. The molecule has 1 atom stereocenters. The Kier molecular flexibility index (Phi) is 6.60. The van der Waals surface area contributed by atoms with Crippen molar-refractivity contribution >= 4 is 35.2 Å². The number of nitrogens with zero attached hydrogens (tertiary/aromatic N) is 3. The van der Waals surface area contributed by atoms with Crippen molar-refractivity contribution in [1.82, 2.24) is 20.1 Å². The van der Waals surface area contributed by atoms with Crippen molar-refractivity contribution in [2.24, 2.45) is 0 Å². The van der Waals surface area contributed by atoms with Gasteiger partial charge in [0.15, 0.2) is 11.0 Å². The molecule has 1 aromatic heterocycles. The average Bonchev–Trinajstić information content (AvgIpc) is 2.96. The summed E-state index contributed by atoms with van der Waals surface area (Å²) in [4.78, 5) is 23.1. The first-order valence-corrected chi connectivity index (χ1v) is 8.73. The Morgan fingerprint density at radius 2 is 2.08 bits per heavy atom. The second-order valence-corrected chi connectivity index (χ2v) is 6.50. The second-order valence-electron chi connectivity index (χ2n) is 5.12. The molecule has 0 saturated carbocycles. The number of hydrogen-bond donors (Lipinski definition) is 2. The van der Waals surface area contributed by atoms with E-state index in [9.17, 15) is 9.59 Å². The highest BCUT2D eigenvalue weighted by molar-refractivity contribution is 7.99. The largest absolute Gasteiger partial charge is 0.481 e. The van der Waals surface area contributed by atoms with Crippen LogP contribution in [0.3, 0.4) is 0 Å². The maximum atomic E-state index is 12.3. The summed E-state index contributed by atoms with van der Waals surface area (Å²) < 4.78 is 1.73. The van der Waals surface area contributed by atoms with E-state index in [0.29, 0.717) is 28.1 Å². The van der Waals surface area contributed by atoms with Gasteiger partial charge >= 0.3 is 5.97 Å². The van der Waals surface area contributed by atoms with Crippen LogP contribution in [0.1, 0.15) is 29.1 Å². The van der Waals surface area contributed by atoms with Crippen LogP contribution in [0.15, 0.2) is 42.1 Å². The van der Waals surface area contributed by atoms with Crippen LogP contribution in [0.4, 0.5) is 0 Å². The third-order valence-electron chi connectivity index (χ3n) is 3.22. The zero-order valence-corrected chi connectivity index (χ0v) is 15.0. The lowest BCUT2D eigenvalue weighted by Crippen LogP contribution is -2.28. The zero-order valence-electron chi connectivity index (χ0n) is 13.5.